The molecule has 2 heterocycles. The minimum Gasteiger partial charge on any atom is -0.479 e. The van der Waals surface area contributed by atoms with Crippen LogP contribution >= 0.6 is 69.6 Å². The van der Waals surface area contributed by atoms with E-state index in [9.17, 15) is 38.7 Å². The summed E-state index contributed by atoms with van der Waals surface area (Å²) in [6, 6.07) is -0.803. The molecule has 324 valence electrons. The summed E-state index contributed by atoms with van der Waals surface area (Å²) in [7, 11) is 0. The number of piperidine rings is 2. The number of carbonyl (C=O) groups is 7. The van der Waals surface area contributed by atoms with Crippen molar-refractivity contribution in [3.05, 3.63) is 0 Å². The summed E-state index contributed by atoms with van der Waals surface area (Å²) >= 11 is 33.3. The first-order chi connectivity index (χ1) is 25.4. The molecule has 6 atom stereocenters. The molecule has 0 saturated carbocycles. The number of nitrogens with one attached hydrogen (secondary N) is 1. The average Bonchev–Trinajstić information content (AvgIpc) is 3.07. The Bertz CT molecular complexity index is 1340. The number of carboxylic acid groups (broad SMARTS) is 1. The maximum absolute atomic E-state index is 12.6. The van der Waals surface area contributed by atoms with Crippen LogP contribution in [0, 0.1) is 17.8 Å². The van der Waals surface area contributed by atoms with E-state index < -0.39 is 79.0 Å². The fourth-order valence-electron chi connectivity index (χ4n) is 4.98. The number of rotatable bonds is 11. The summed E-state index contributed by atoms with van der Waals surface area (Å²) in [4.78, 5) is 84.9. The molecule has 3 amide bonds. The van der Waals surface area contributed by atoms with Gasteiger partial charge in [-0.2, -0.15) is 0 Å². The van der Waals surface area contributed by atoms with Gasteiger partial charge in [0.1, 0.15) is 37.1 Å². The van der Waals surface area contributed by atoms with Gasteiger partial charge in [0.15, 0.2) is 0 Å². The molecule has 0 spiro atoms. The van der Waals surface area contributed by atoms with Crippen LogP contribution in [0.25, 0.3) is 0 Å². The lowest BCUT2D eigenvalue weighted by atomic mass is 9.96. The molecule has 0 aromatic heterocycles. The molecule has 2 fully saturated rings. The first-order valence-electron chi connectivity index (χ1n) is 17.6. The number of carbonyl (C=O) groups excluding carboxylic acids is 6. The van der Waals surface area contributed by atoms with Crippen LogP contribution in [0.5, 0.6) is 0 Å². The van der Waals surface area contributed by atoms with Gasteiger partial charge in [0.25, 0.3) is 0 Å². The summed E-state index contributed by atoms with van der Waals surface area (Å²) in [5.74, 6) is -5.27. The monoisotopic (exact) mass is 921 g/mol. The highest BCUT2D eigenvalue weighted by Gasteiger charge is 2.35. The molecule has 56 heavy (non-hydrogen) atoms. The van der Waals surface area contributed by atoms with Gasteiger partial charge in [-0.1, -0.05) is 76.5 Å². The fraction of sp³-hybridized carbons (Fsp3) is 0.794. The van der Waals surface area contributed by atoms with E-state index in [0.29, 0.717) is 38.8 Å². The van der Waals surface area contributed by atoms with Crippen molar-refractivity contribution >= 4 is 111 Å². The van der Waals surface area contributed by atoms with Crippen LogP contribution in [0.4, 0.5) is 0 Å². The van der Waals surface area contributed by atoms with Gasteiger partial charge in [0, 0.05) is 32.1 Å². The van der Waals surface area contributed by atoms with E-state index >= 15 is 0 Å². The van der Waals surface area contributed by atoms with Gasteiger partial charge in [-0.25, -0.2) is 4.79 Å². The summed E-state index contributed by atoms with van der Waals surface area (Å²) in [5.41, 5.74) is -0.595. The van der Waals surface area contributed by atoms with Crippen molar-refractivity contribution in [2.24, 2.45) is 17.8 Å². The molecule has 0 aliphatic carbocycles. The number of aliphatic hydroxyl groups is 2. The Hall–Kier alpha value is -2.05. The van der Waals surface area contributed by atoms with E-state index in [1.807, 2.05) is 0 Å². The zero-order valence-electron chi connectivity index (χ0n) is 32.3. The molecule has 0 aromatic carbocycles. The smallest absolute Gasteiger partial charge is 0.332 e. The molecule has 0 unspecified atom stereocenters. The minimum absolute atomic E-state index is 0.00498. The lowest BCUT2D eigenvalue weighted by Gasteiger charge is -2.33. The standard InChI is InChI=1S/C17H26Cl3NO5.C14H21Cl3N2O5.C3H6O3/c1-11(8-13(22)26-16(2,3)4)14(23)21-7-5-6-12(9-21)15(24)25-10-17(18,19)20;1-8(18-11(21)9(2)20)12(22)19-5-3-4-10(6-19)13(23)24-7-14(15,16)17;1-2(4)3(5)6/h11-12H,5-10H2,1-4H3;8-10,20H,3-7H2,1-2H3,(H,18,21);2,4H,1H3,(H,5,6)/t11-,12-;8-,9-,10+;2-/m100/s1. The molecule has 22 heteroatoms. The van der Waals surface area contributed by atoms with Crippen LogP contribution in [0.3, 0.4) is 0 Å². The number of ether oxygens (including phenoxy) is 3. The van der Waals surface area contributed by atoms with E-state index in [-0.39, 0.29) is 44.5 Å². The molecule has 0 radical (unpaired) electrons. The Morgan fingerprint density at radius 2 is 1.11 bits per heavy atom. The van der Waals surface area contributed by atoms with E-state index in [0.717, 1.165) is 0 Å². The topological polar surface area (TPSA) is 226 Å². The zero-order valence-corrected chi connectivity index (χ0v) is 36.9. The van der Waals surface area contributed by atoms with Crippen LogP contribution in [-0.4, -0.2) is 138 Å². The van der Waals surface area contributed by atoms with Crippen molar-refractivity contribution in [1.82, 2.24) is 15.1 Å². The van der Waals surface area contributed by atoms with Gasteiger partial charge in [0.2, 0.25) is 25.3 Å². The molecule has 2 rings (SSSR count). The maximum Gasteiger partial charge on any atom is 0.332 e. The van der Waals surface area contributed by atoms with Gasteiger partial charge in [-0.15, -0.1) is 0 Å². The first kappa shape index (κ1) is 53.9. The number of likely N-dealkylation sites (tertiary alicyclic amines) is 2. The van der Waals surface area contributed by atoms with Crippen molar-refractivity contribution < 1.29 is 63.1 Å². The summed E-state index contributed by atoms with van der Waals surface area (Å²) in [6.07, 6.45) is 0.0140. The van der Waals surface area contributed by atoms with Crippen LogP contribution in [0.15, 0.2) is 0 Å². The van der Waals surface area contributed by atoms with Crippen LogP contribution < -0.4 is 5.32 Å². The molecule has 2 aliphatic rings. The molecular formula is C34H53Cl6N3O13. The molecule has 16 nitrogen and oxygen atoms in total. The quantitative estimate of drug-likeness (QED) is 0.131. The van der Waals surface area contributed by atoms with E-state index in [4.69, 9.17) is 94.0 Å². The van der Waals surface area contributed by atoms with Gasteiger partial charge < -0.3 is 44.6 Å². The Morgan fingerprint density at radius 3 is 1.45 bits per heavy atom. The highest BCUT2D eigenvalue weighted by atomic mass is 35.6. The summed E-state index contributed by atoms with van der Waals surface area (Å²) in [6.45, 7) is 11.7. The van der Waals surface area contributed by atoms with Gasteiger partial charge in [0.05, 0.1) is 18.3 Å². The van der Waals surface area contributed by atoms with Gasteiger partial charge in [-0.05, 0) is 67.2 Å². The SMILES string of the molecule is C[C@H](CC(=O)OC(C)(C)C)C(=O)N1CCC[C@@H](C(=O)OCC(Cl)(Cl)Cl)C1.C[C@H](O)C(=O)N[C@@H](C)C(=O)N1CCC[C@@H](C(=O)OCC(Cl)(Cl)Cl)C1.C[C@H](O)C(=O)O. The molecule has 2 aliphatic heterocycles. The normalized spacial score (nSPS) is 19.6. The number of alkyl halides is 6. The Balaban J connectivity index is 0.000000944. The van der Waals surface area contributed by atoms with Crippen molar-refractivity contribution in [3.8, 4) is 0 Å². The number of aliphatic hydroxyl groups excluding tert-OH is 2. The number of carboxylic acids is 1. The second-order valence-electron chi connectivity index (χ2n) is 14.3. The van der Waals surface area contributed by atoms with Crippen molar-refractivity contribution in [2.75, 3.05) is 39.4 Å². The number of esters is 3. The molecular weight excluding hydrogens is 871 g/mol. The van der Waals surface area contributed by atoms with Gasteiger partial charge in [-0.3, -0.25) is 28.8 Å². The van der Waals surface area contributed by atoms with Crippen molar-refractivity contribution in [2.45, 2.75) is 112 Å². The maximum atomic E-state index is 12.6. The number of amides is 3. The average molecular weight is 925 g/mol. The van der Waals surface area contributed by atoms with Crippen molar-refractivity contribution in [1.29, 1.82) is 0 Å². The third-order valence-corrected chi connectivity index (χ3v) is 8.32. The second kappa shape index (κ2) is 24.8. The molecule has 2 saturated heterocycles. The number of hydrogen-bond acceptors (Lipinski definition) is 12. The lowest BCUT2D eigenvalue weighted by molar-refractivity contribution is -0.159. The molecule has 4 N–H and O–H groups in total. The van der Waals surface area contributed by atoms with E-state index in [1.165, 1.54) is 25.7 Å². The predicted octanol–water partition coefficient (Wildman–Crippen LogP) is 3.98. The van der Waals surface area contributed by atoms with Crippen LogP contribution in [-0.2, 0) is 47.8 Å². The van der Waals surface area contributed by atoms with E-state index in [2.05, 4.69) is 5.32 Å². The highest BCUT2D eigenvalue weighted by Crippen LogP contribution is 2.29. The Kier molecular flexibility index (Phi) is 23.9. The number of hydrogen-bond donors (Lipinski definition) is 4. The first-order valence-corrected chi connectivity index (χ1v) is 19.9. The third kappa shape index (κ3) is 24.0. The highest BCUT2D eigenvalue weighted by molar-refractivity contribution is 6.68. The largest absolute Gasteiger partial charge is 0.479 e. The third-order valence-electron chi connectivity index (χ3n) is 7.67. The van der Waals surface area contributed by atoms with Crippen molar-refractivity contribution in [3.63, 3.8) is 0 Å². The number of halogens is 6. The van der Waals surface area contributed by atoms with E-state index in [1.54, 1.807) is 32.6 Å². The number of nitrogens with zero attached hydrogens (tertiary/aromatic N) is 2. The zero-order chi connectivity index (χ0) is 43.8. The summed E-state index contributed by atoms with van der Waals surface area (Å²) < 4.78 is 11.9. The molecule has 0 bridgehead atoms. The minimum atomic E-state index is -1.68. The van der Waals surface area contributed by atoms with Crippen LogP contribution in [0.1, 0.15) is 80.6 Å². The van der Waals surface area contributed by atoms with Crippen LogP contribution in [0.2, 0.25) is 0 Å². The second-order valence-corrected chi connectivity index (χ2v) is 19.3. The van der Waals surface area contributed by atoms with Gasteiger partial charge >= 0.3 is 23.9 Å². The lowest BCUT2D eigenvalue weighted by Crippen LogP contribution is -2.52. The fourth-order valence-corrected chi connectivity index (χ4v) is 5.31. The predicted molar refractivity (Wildman–Crippen MR) is 209 cm³/mol. The Labute approximate surface area is 357 Å². The molecule has 0 aromatic rings. The Morgan fingerprint density at radius 1 is 0.714 bits per heavy atom. The number of aliphatic carboxylic acids is 1. The summed E-state index contributed by atoms with van der Waals surface area (Å²) in [5, 5.41) is 27.4.